The van der Waals surface area contributed by atoms with Gasteiger partial charge >= 0.3 is 11.9 Å². The van der Waals surface area contributed by atoms with Crippen molar-refractivity contribution in [2.75, 3.05) is 30.3 Å². The zero-order valence-electron chi connectivity index (χ0n) is 21.8. The number of carbonyl (C=O) groups is 1. The molecule has 1 saturated heterocycles. The number of rotatable bonds is 4. The fraction of sp³-hybridized carbons (Fsp3) is 0.370. The molecule has 1 fully saturated rings. The third kappa shape index (κ3) is 4.87. The molecule has 218 valence electrons. The van der Waals surface area contributed by atoms with Crippen molar-refractivity contribution in [3.05, 3.63) is 63.6 Å². The maximum atomic E-state index is 15.1. The summed E-state index contributed by atoms with van der Waals surface area (Å²) in [5.41, 5.74) is -3.14. The molecule has 1 aromatic heterocycles. The second-order valence-electron chi connectivity index (χ2n) is 10.1. The molecule has 14 heteroatoms. The average Bonchev–Trinajstić information content (AvgIpc) is 2.90. The van der Waals surface area contributed by atoms with Gasteiger partial charge in [0.25, 0.3) is 0 Å². The molecule has 1 amide bonds. The molecule has 0 radical (unpaired) electrons. The number of thioether (sulfide) groups is 1. The molecular weight excluding hydrogens is 591 g/mol. The first-order chi connectivity index (χ1) is 19.3. The lowest BCUT2D eigenvalue weighted by molar-refractivity contribution is -0.137. The third-order valence-corrected chi connectivity index (χ3v) is 8.90. The van der Waals surface area contributed by atoms with Gasteiger partial charge < -0.3 is 14.9 Å². The lowest BCUT2D eigenvalue weighted by atomic mass is 9.95. The number of benzene rings is 2. The number of piperazine rings is 1. The van der Waals surface area contributed by atoms with Gasteiger partial charge in [-0.05, 0) is 32.1 Å². The van der Waals surface area contributed by atoms with Gasteiger partial charge in [0.05, 0.1) is 28.8 Å². The first-order valence-electron chi connectivity index (χ1n) is 12.6. The largest absolute Gasteiger partial charge is 0.417 e. The molecule has 5 rings (SSSR count). The van der Waals surface area contributed by atoms with Gasteiger partial charge in [-0.1, -0.05) is 18.2 Å². The smallest absolute Gasteiger partial charge is 0.394 e. The molecule has 0 unspecified atom stereocenters. The molecule has 2 aliphatic rings. The number of hydrogen-bond acceptors (Lipinski definition) is 6. The Kier molecular flexibility index (Phi) is 7.58. The fourth-order valence-corrected chi connectivity index (χ4v) is 7.19. The predicted molar refractivity (Wildman–Crippen MR) is 146 cm³/mol. The molecule has 0 bridgehead atoms. The highest BCUT2D eigenvalue weighted by Gasteiger charge is 2.41. The van der Waals surface area contributed by atoms with Gasteiger partial charge in [-0.3, -0.25) is 9.36 Å². The summed E-state index contributed by atoms with van der Waals surface area (Å²) in [6, 6.07) is 0.410. The Labute approximate surface area is 240 Å². The van der Waals surface area contributed by atoms with E-state index in [-0.39, 0.29) is 46.4 Å². The van der Waals surface area contributed by atoms with Crippen LogP contribution in [0.4, 0.5) is 27.8 Å². The average molecular weight is 615 g/mol. The van der Waals surface area contributed by atoms with Gasteiger partial charge in [0.2, 0.25) is 5.91 Å². The Bertz CT molecular complexity index is 1630. The molecule has 41 heavy (non-hydrogen) atoms. The molecule has 0 saturated carbocycles. The quantitative estimate of drug-likeness (QED) is 0.245. The van der Waals surface area contributed by atoms with Gasteiger partial charge in [0.15, 0.2) is 0 Å². The number of aliphatic hydroxyl groups is 1. The molecule has 0 aliphatic carbocycles. The Morgan fingerprint density at radius 3 is 2.44 bits per heavy atom. The number of aliphatic hydroxyl groups excluding tert-OH is 1. The Morgan fingerprint density at radius 2 is 1.85 bits per heavy atom. The molecule has 1 N–H and O–H groups in total. The van der Waals surface area contributed by atoms with Crippen molar-refractivity contribution in [3.63, 3.8) is 0 Å². The van der Waals surface area contributed by atoms with Gasteiger partial charge in [0.1, 0.15) is 17.5 Å². The number of anilines is 1. The van der Waals surface area contributed by atoms with Crippen molar-refractivity contribution in [2.24, 2.45) is 0 Å². The first kappa shape index (κ1) is 29.3. The van der Waals surface area contributed by atoms with Crippen LogP contribution in [0.3, 0.4) is 0 Å². The van der Waals surface area contributed by atoms with Crippen LogP contribution in [0.15, 0.2) is 40.5 Å². The van der Waals surface area contributed by atoms with Crippen molar-refractivity contribution in [2.45, 2.75) is 43.0 Å². The van der Waals surface area contributed by atoms with E-state index >= 15 is 4.39 Å². The molecule has 0 spiro atoms. The van der Waals surface area contributed by atoms with Crippen LogP contribution in [0.2, 0.25) is 5.02 Å². The highest BCUT2D eigenvalue weighted by atomic mass is 35.5. The predicted octanol–water partition coefficient (Wildman–Crippen LogP) is 5.26. The lowest BCUT2D eigenvalue weighted by Gasteiger charge is -2.45. The standard InChI is InChI=1S/C27H24ClF5N4O3S/c1-4-21(39)36-12(2)8-35(9-13(36)3)25-16-5-17(27(31,32)33)22(15-6-18(28)20(30)7-19(15)29)24-23(16)37(26(40)34-25)14(10-38)11-41-24/h4-7,12-14,38H,1,8-11H2,2-3H3/t12-,13+,14-/m0/s1. The van der Waals surface area contributed by atoms with Crippen molar-refractivity contribution >= 4 is 46.0 Å². The normalized spacial score (nSPS) is 21.0. The summed E-state index contributed by atoms with van der Waals surface area (Å²) in [5, 5.41) is 9.41. The van der Waals surface area contributed by atoms with Gasteiger partial charge in [-0.25, -0.2) is 13.6 Å². The van der Waals surface area contributed by atoms with E-state index in [1.165, 1.54) is 6.08 Å². The maximum absolute atomic E-state index is 15.1. The zero-order chi connectivity index (χ0) is 30.0. The summed E-state index contributed by atoms with van der Waals surface area (Å²) in [6.07, 6.45) is -3.81. The van der Waals surface area contributed by atoms with Crippen LogP contribution in [-0.4, -0.2) is 63.0 Å². The van der Waals surface area contributed by atoms with E-state index < -0.39 is 69.9 Å². The van der Waals surface area contributed by atoms with Crippen LogP contribution >= 0.6 is 23.4 Å². The Morgan fingerprint density at radius 1 is 1.20 bits per heavy atom. The van der Waals surface area contributed by atoms with Crippen molar-refractivity contribution in [1.29, 1.82) is 0 Å². The number of amides is 1. The minimum absolute atomic E-state index is 0.000791. The summed E-state index contributed by atoms with van der Waals surface area (Å²) >= 11 is 6.79. The molecular formula is C27H24ClF5N4O3S. The van der Waals surface area contributed by atoms with Crippen LogP contribution in [0.25, 0.3) is 22.0 Å². The van der Waals surface area contributed by atoms with E-state index in [9.17, 15) is 32.3 Å². The summed E-state index contributed by atoms with van der Waals surface area (Å²) in [5.74, 6) is -2.72. The topological polar surface area (TPSA) is 78.7 Å². The first-order valence-corrected chi connectivity index (χ1v) is 13.9. The Hall–Kier alpha value is -3.16. The Balaban J connectivity index is 1.85. The van der Waals surface area contributed by atoms with Crippen LogP contribution in [-0.2, 0) is 11.0 Å². The summed E-state index contributed by atoms with van der Waals surface area (Å²) < 4.78 is 74.2. The number of nitrogens with zero attached hydrogens (tertiary/aromatic N) is 4. The van der Waals surface area contributed by atoms with Gasteiger partial charge in [-0.2, -0.15) is 18.2 Å². The lowest BCUT2D eigenvalue weighted by Crippen LogP contribution is -2.58. The number of halogens is 6. The summed E-state index contributed by atoms with van der Waals surface area (Å²) in [6.45, 7) is 6.87. The van der Waals surface area contributed by atoms with Crippen LogP contribution in [0, 0.1) is 11.6 Å². The van der Waals surface area contributed by atoms with E-state index in [0.29, 0.717) is 6.07 Å². The zero-order valence-corrected chi connectivity index (χ0v) is 23.4. The van der Waals surface area contributed by atoms with Gasteiger partial charge in [-0.15, -0.1) is 11.8 Å². The highest BCUT2D eigenvalue weighted by Crippen LogP contribution is 2.50. The molecule has 2 aromatic carbocycles. The van der Waals surface area contributed by atoms with Crippen LogP contribution < -0.4 is 10.6 Å². The number of alkyl halides is 3. The molecule has 7 nitrogen and oxygen atoms in total. The van der Waals surface area contributed by atoms with Crippen LogP contribution in [0.1, 0.15) is 25.5 Å². The second-order valence-corrected chi connectivity index (χ2v) is 11.5. The third-order valence-electron chi connectivity index (χ3n) is 7.37. The number of aromatic nitrogens is 2. The number of hydrogen-bond donors (Lipinski definition) is 1. The fourth-order valence-electron chi connectivity index (χ4n) is 5.71. The summed E-state index contributed by atoms with van der Waals surface area (Å²) in [7, 11) is 0. The SMILES string of the molecule is C=CC(=O)N1[C@H](C)CN(c2nc(=O)n3c4c(c(-c5cc(Cl)c(F)cc5F)c(C(F)(F)F)cc24)SC[C@@H]3CO)C[C@@H]1C. The maximum Gasteiger partial charge on any atom is 0.417 e. The molecule has 3 atom stereocenters. The van der Waals surface area contributed by atoms with E-state index in [2.05, 4.69) is 11.6 Å². The number of carbonyl (C=O) groups excluding carboxylic acids is 1. The highest BCUT2D eigenvalue weighted by molar-refractivity contribution is 7.99. The molecule has 3 aromatic rings. The van der Waals surface area contributed by atoms with Crippen molar-refractivity contribution in [1.82, 2.24) is 14.5 Å². The van der Waals surface area contributed by atoms with E-state index in [4.69, 9.17) is 11.6 Å². The van der Waals surface area contributed by atoms with E-state index in [1.807, 2.05) is 0 Å². The van der Waals surface area contributed by atoms with E-state index in [1.54, 1.807) is 23.6 Å². The minimum atomic E-state index is -4.99. The molecule has 2 aliphatic heterocycles. The van der Waals surface area contributed by atoms with Crippen molar-refractivity contribution in [3.8, 4) is 11.1 Å². The minimum Gasteiger partial charge on any atom is -0.394 e. The van der Waals surface area contributed by atoms with Crippen molar-refractivity contribution < 1.29 is 31.9 Å². The molecule has 3 heterocycles. The van der Waals surface area contributed by atoms with Gasteiger partial charge in [0, 0.05) is 58.4 Å². The second kappa shape index (κ2) is 10.6. The van der Waals surface area contributed by atoms with Crippen LogP contribution in [0.5, 0.6) is 0 Å². The van der Waals surface area contributed by atoms with E-state index in [0.717, 1.165) is 28.5 Å². The summed E-state index contributed by atoms with van der Waals surface area (Å²) in [4.78, 5) is 33.2. The monoisotopic (exact) mass is 614 g/mol.